The molecular formula is C14H17BrFN3S. The van der Waals surface area contributed by atoms with Gasteiger partial charge in [0.05, 0.1) is 15.5 Å². The Kier molecular flexibility index (Phi) is 3.97. The lowest BCUT2D eigenvalue weighted by Gasteiger charge is -2.23. The van der Waals surface area contributed by atoms with E-state index in [1.54, 1.807) is 0 Å². The van der Waals surface area contributed by atoms with E-state index in [1.807, 2.05) is 6.07 Å². The molecule has 2 aromatic rings. The van der Waals surface area contributed by atoms with Crippen LogP contribution in [-0.2, 0) is 6.54 Å². The zero-order valence-electron chi connectivity index (χ0n) is 11.3. The molecule has 2 heterocycles. The van der Waals surface area contributed by atoms with Crippen molar-refractivity contribution in [1.29, 1.82) is 0 Å². The highest BCUT2D eigenvalue weighted by molar-refractivity contribution is 9.10. The molecule has 20 heavy (non-hydrogen) atoms. The number of aromatic amines is 1. The number of aromatic nitrogens is 2. The van der Waals surface area contributed by atoms with Gasteiger partial charge in [-0.1, -0.05) is 6.92 Å². The molecule has 1 unspecified atom stereocenters. The maximum Gasteiger partial charge on any atom is 0.178 e. The molecule has 0 radical (unpaired) electrons. The molecule has 0 saturated carbocycles. The molecule has 1 aromatic carbocycles. The van der Waals surface area contributed by atoms with Crippen LogP contribution < -0.4 is 0 Å². The van der Waals surface area contributed by atoms with Crippen LogP contribution in [0.3, 0.4) is 0 Å². The van der Waals surface area contributed by atoms with Gasteiger partial charge in [0.1, 0.15) is 5.82 Å². The van der Waals surface area contributed by atoms with Gasteiger partial charge in [0, 0.05) is 18.7 Å². The standard InChI is InChI=1S/C14H17BrFN3S/c1-2-18-5-3-4-9(18)8-19-13-6-10(15)11(16)7-12(13)17-14(19)20/h6-7,9H,2-5,8H2,1H3,(H,17,20). The number of nitrogens with one attached hydrogen (secondary N) is 1. The molecule has 1 atom stereocenters. The summed E-state index contributed by atoms with van der Waals surface area (Å²) in [5.41, 5.74) is 1.72. The van der Waals surface area contributed by atoms with Crippen LogP contribution in [0.25, 0.3) is 11.0 Å². The van der Waals surface area contributed by atoms with Crippen LogP contribution in [0.2, 0.25) is 0 Å². The van der Waals surface area contributed by atoms with E-state index in [0.29, 0.717) is 15.3 Å². The number of imidazole rings is 1. The molecule has 0 bridgehead atoms. The summed E-state index contributed by atoms with van der Waals surface area (Å²) in [6, 6.07) is 3.83. The van der Waals surface area contributed by atoms with Crippen molar-refractivity contribution < 1.29 is 4.39 Å². The fraction of sp³-hybridized carbons (Fsp3) is 0.500. The largest absolute Gasteiger partial charge is 0.330 e. The second-order valence-corrected chi connectivity index (χ2v) is 6.49. The molecule has 1 aromatic heterocycles. The third-order valence-corrected chi connectivity index (χ3v) is 5.04. The number of halogens is 2. The van der Waals surface area contributed by atoms with E-state index < -0.39 is 0 Å². The monoisotopic (exact) mass is 357 g/mol. The van der Waals surface area contributed by atoms with Crippen molar-refractivity contribution in [2.75, 3.05) is 13.1 Å². The quantitative estimate of drug-likeness (QED) is 0.836. The van der Waals surface area contributed by atoms with Crippen molar-refractivity contribution in [3.05, 3.63) is 27.2 Å². The third-order valence-electron chi connectivity index (χ3n) is 4.11. The number of fused-ring (bicyclic) bond motifs is 1. The maximum atomic E-state index is 13.6. The smallest absolute Gasteiger partial charge is 0.178 e. The molecule has 3 rings (SSSR count). The SMILES string of the molecule is CCN1CCCC1Cn1c(=S)[nH]c2cc(F)c(Br)cc21. The summed E-state index contributed by atoms with van der Waals surface area (Å²) < 4.78 is 16.8. The number of hydrogen-bond donors (Lipinski definition) is 1. The van der Waals surface area contributed by atoms with Gasteiger partial charge in [-0.05, 0) is 60.1 Å². The summed E-state index contributed by atoms with van der Waals surface area (Å²) >= 11 is 8.65. The number of H-pyrrole nitrogens is 1. The molecule has 0 aliphatic carbocycles. The van der Waals surface area contributed by atoms with Crippen molar-refractivity contribution in [3.63, 3.8) is 0 Å². The van der Waals surface area contributed by atoms with E-state index in [4.69, 9.17) is 12.2 Å². The van der Waals surface area contributed by atoms with E-state index in [2.05, 4.69) is 37.3 Å². The molecule has 1 aliphatic heterocycles. The normalized spacial score (nSPS) is 20.1. The lowest BCUT2D eigenvalue weighted by Crippen LogP contribution is -2.32. The predicted molar refractivity (Wildman–Crippen MR) is 85.0 cm³/mol. The molecular weight excluding hydrogens is 341 g/mol. The second kappa shape index (κ2) is 5.58. The topological polar surface area (TPSA) is 24.0 Å². The Morgan fingerprint density at radius 3 is 3.05 bits per heavy atom. The van der Waals surface area contributed by atoms with Crippen LogP contribution in [0.4, 0.5) is 4.39 Å². The summed E-state index contributed by atoms with van der Waals surface area (Å²) in [7, 11) is 0. The molecule has 3 nitrogen and oxygen atoms in total. The zero-order chi connectivity index (χ0) is 14.3. The first-order chi connectivity index (χ1) is 9.60. The van der Waals surface area contributed by atoms with Gasteiger partial charge >= 0.3 is 0 Å². The van der Waals surface area contributed by atoms with Crippen LogP contribution in [0.1, 0.15) is 19.8 Å². The molecule has 1 fully saturated rings. The lowest BCUT2D eigenvalue weighted by molar-refractivity contribution is 0.245. The third kappa shape index (κ3) is 2.44. The highest BCUT2D eigenvalue weighted by atomic mass is 79.9. The summed E-state index contributed by atoms with van der Waals surface area (Å²) in [4.78, 5) is 5.59. The Morgan fingerprint density at radius 1 is 1.50 bits per heavy atom. The van der Waals surface area contributed by atoms with E-state index in [1.165, 1.54) is 18.9 Å². The van der Waals surface area contributed by atoms with Crippen LogP contribution in [0, 0.1) is 10.6 Å². The first kappa shape index (κ1) is 14.2. The minimum absolute atomic E-state index is 0.267. The highest BCUT2D eigenvalue weighted by Crippen LogP contribution is 2.25. The Balaban J connectivity index is 2.01. The minimum Gasteiger partial charge on any atom is -0.330 e. The fourth-order valence-corrected chi connectivity index (χ4v) is 3.68. The van der Waals surface area contributed by atoms with Crippen LogP contribution in [-0.4, -0.2) is 33.6 Å². The van der Waals surface area contributed by atoms with E-state index in [-0.39, 0.29) is 5.82 Å². The molecule has 0 spiro atoms. The van der Waals surface area contributed by atoms with Gasteiger partial charge in [-0.3, -0.25) is 4.90 Å². The van der Waals surface area contributed by atoms with Crippen molar-refractivity contribution in [1.82, 2.24) is 14.5 Å². The first-order valence-corrected chi connectivity index (χ1v) is 8.12. The Morgan fingerprint density at radius 2 is 2.30 bits per heavy atom. The summed E-state index contributed by atoms with van der Waals surface area (Å²) in [5.74, 6) is -0.267. The van der Waals surface area contributed by atoms with Gasteiger partial charge in [0.2, 0.25) is 0 Å². The molecule has 108 valence electrons. The molecule has 6 heteroatoms. The summed E-state index contributed by atoms with van der Waals surface area (Å²) in [5, 5.41) is 0. The summed E-state index contributed by atoms with van der Waals surface area (Å²) in [6.45, 7) is 5.29. The van der Waals surface area contributed by atoms with E-state index in [9.17, 15) is 4.39 Å². The van der Waals surface area contributed by atoms with E-state index >= 15 is 0 Å². The Bertz CT molecular complexity index is 694. The number of likely N-dealkylation sites (N-methyl/N-ethyl adjacent to an activating group) is 1. The average Bonchev–Trinajstić information content (AvgIpc) is 2.97. The second-order valence-electron chi connectivity index (χ2n) is 5.25. The average molecular weight is 358 g/mol. The number of nitrogens with zero attached hydrogens (tertiary/aromatic N) is 2. The molecule has 1 aliphatic rings. The zero-order valence-corrected chi connectivity index (χ0v) is 13.7. The van der Waals surface area contributed by atoms with E-state index in [0.717, 1.165) is 30.7 Å². The van der Waals surface area contributed by atoms with Gasteiger partial charge in [0.15, 0.2) is 4.77 Å². The van der Waals surface area contributed by atoms with Crippen molar-refractivity contribution in [2.45, 2.75) is 32.4 Å². The molecule has 1 saturated heterocycles. The van der Waals surface area contributed by atoms with Crippen molar-refractivity contribution >= 4 is 39.2 Å². The number of benzene rings is 1. The number of rotatable bonds is 3. The first-order valence-electron chi connectivity index (χ1n) is 6.91. The lowest BCUT2D eigenvalue weighted by atomic mass is 10.2. The van der Waals surface area contributed by atoms with Gasteiger partial charge < -0.3 is 9.55 Å². The van der Waals surface area contributed by atoms with Crippen LogP contribution >= 0.6 is 28.1 Å². The van der Waals surface area contributed by atoms with Crippen molar-refractivity contribution in [3.8, 4) is 0 Å². The van der Waals surface area contributed by atoms with Gasteiger partial charge in [-0.15, -0.1) is 0 Å². The Hall–Kier alpha value is -0.720. The van der Waals surface area contributed by atoms with Crippen LogP contribution in [0.15, 0.2) is 16.6 Å². The van der Waals surface area contributed by atoms with Gasteiger partial charge in [-0.2, -0.15) is 0 Å². The van der Waals surface area contributed by atoms with Crippen LogP contribution in [0.5, 0.6) is 0 Å². The maximum absolute atomic E-state index is 13.6. The van der Waals surface area contributed by atoms with Gasteiger partial charge in [0.25, 0.3) is 0 Å². The van der Waals surface area contributed by atoms with Gasteiger partial charge in [-0.25, -0.2) is 4.39 Å². The highest BCUT2D eigenvalue weighted by Gasteiger charge is 2.24. The minimum atomic E-state index is -0.267. The van der Waals surface area contributed by atoms with Crippen molar-refractivity contribution in [2.24, 2.45) is 0 Å². The summed E-state index contributed by atoms with van der Waals surface area (Å²) in [6.07, 6.45) is 2.44. The number of hydrogen-bond acceptors (Lipinski definition) is 2. The Labute approximate surface area is 130 Å². The number of likely N-dealkylation sites (tertiary alicyclic amines) is 1. The fourth-order valence-electron chi connectivity index (χ4n) is 3.06. The molecule has 0 amide bonds. The molecule has 1 N–H and O–H groups in total. The predicted octanol–water partition coefficient (Wildman–Crippen LogP) is 4.08.